The van der Waals surface area contributed by atoms with Crippen molar-refractivity contribution in [3.63, 3.8) is 0 Å². The first-order valence-electron chi connectivity index (χ1n) is 9.43. The van der Waals surface area contributed by atoms with Crippen molar-refractivity contribution in [2.45, 2.75) is 31.7 Å². The predicted octanol–water partition coefficient (Wildman–Crippen LogP) is 1.65. The third-order valence-electron chi connectivity index (χ3n) is 4.32. The van der Waals surface area contributed by atoms with E-state index in [0.717, 1.165) is 23.1 Å². The van der Waals surface area contributed by atoms with Crippen LogP contribution in [0.2, 0.25) is 0 Å². The standard InChI is InChI=1S/C20H28N6O2S/c1-12-9-13(2)15(19(28)23-3)10-14(12)16-11-18(26-20(22)25-16)29-8-5-17(27)24-7-4-6-21/h9-11H,4-8,21H2,1-3H3,(H,23,28)(H,24,27)(H2,22,25,26). The molecule has 0 bridgehead atoms. The Morgan fingerprint density at radius 1 is 1.14 bits per heavy atom. The zero-order valence-corrected chi connectivity index (χ0v) is 17.9. The maximum atomic E-state index is 12.1. The molecule has 2 rings (SSSR count). The van der Waals surface area contributed by atoms with Gasteiger partial charge in [-0.25, -0.2) is 9.97 Å². The topological polar surface area (TPSA) is 136 Å². The predicted molar refractivity (Wildman–Crippen MR) is 117 cm³/mol. The fraction of sp³-hybridized carbons (Fsp3) is 0.400. The number of thioether (sulfide) groups is 1. The van der Waals surface area contributed by atoms with E-state index in [4.69, 9.17) is 11.5 Å². The van der Waals surface area contributed by atoms with Crippen LogP contribution in [0.3, 0.4) is 0 Å². The number of carbonyl (C=O) groups is 2. The second-order valence-electron chi connectivity index (χ2n) is 6.60. The average molecular weight is 417 g/mol. The van der Waals surface area contributed by atoms with Crippen molar-refractivity contribution < 1.29 is 9.59 Å². The number of hydrogen-bond acceptors (Lipinski definition) is 7. The second-order valence-corrected chi connectivity index (χ2v) is 7.72. The highest BCUT2D eigenvalue weighted by Crippen LogP contribution is 2.29. The monoisotopic (exact) mass is 416 g/mol. The SMILES string of the molecule is CNC(=O)c1cc(-c2cc(SCCC(=O)NCCCN)nc(N)n2)c(C)cc1C. The van der Waals surface area contributed by atoms with Crippen molar-refractivity contribution in [3.05, 3.63) is 34.9 Å². The lowest BCUT2D eigenvalue weighted by Gasteiger charge is -2.12. The molecule has 0 saturated heterocycles. The van der Waals surface area contributed by atoms with E-state index in [9.17, 15) is 9.59 Å². The molecule has 0 fully saturated rings. The fourth-order valence-electron chi connectivity index (χ4n) is 2.83. The van der Waals surface area contributed by atoms with E-state index in [1.54, 1.807) is 7.05 Å². The quantitative estimate of drug-likeness (QED) is 0.277. The van der Waals surface area contributed by atoms with Gasteiger partial charge in [0.15, 0.2) is 0 Å². The van der Waals surface area contributed by atoms with Crippen molar-refractivity contribution in [2.24, 2.45) is 5.73 Å². The van der Waals surface area contributed by atoms with Gasteiger partial charge in [0, 0.05) is 36.9 Å². The molecule has 0 aliphatic heterocycles. The molecule has 0 unspecified atom stereocenters. The van der Waals surface area contributed by atoms with Crippen LogP contribution >= 0.6 is 11.8 Å². The summed E-state index contributed by atoms with van der Waals surface area (Å²) < 4.78 is 0. The molecule has 0 saturated carbocycles. The summed E-state index contributed by atoms with van der Waals surface area (Å²) in [6.45, 7) is 5.01. The molecule has 0 spiro atoms. The average Bonchev–Trinajstić information content (AvgIpc) is 2.67. The van der Waals surface area contributed by atoms with Gasteiger partial charge in [0.25, 0.3) is 5.91 Å². The van der Waals surface area contributed by atoms with Crippen molar-refractivity contribution in [3.8, 4) is 11.3 Å². The molecule has 8 nitrogen and oxygen atoms in total. The molecule has 1 aromatic carbocycles. The molecule has 0 radical (unpaired) electrons. The number of nitrogens with zero attached hydrogens (tertiary/aromatic N) is 2. The summed E-state index contributed by atoms with van der Waals surface area (Å²) in [6.07, 6.45) is 1.14. The van der Waals surface area contributed by atoms with Gasteiger partial charge in [-0.1, -0.05) is 6.07 Å². The fourth-order valence-corrected chi connectivity index (χ4v) is 3.68. The lowest BCUT2D eigenvalue weighted by Crippen LogP contribution is -2.26. The molecular formula is C20H28N6O2S. The van der Waals surface area contributed by atoms with Gasteiger partial charge >= 0.3 is 0 Å². The Kier molecular flexibility index (Phi) is 8.41. The molecular weight excluding hydrogens is 388 g/mol. The molecule has 9 heteroatoms. The minimum absolute atomic E-state index is 0.0159. The van der Waals surface area contributed by atoms with Gasteiger partial charge in [0.1, 0.15) is 5.03 Å². The Morgan fingerprint density at radius 2 is 1.90 bits per heavy atom. The molecule has 1 aromatic heterocycles. The van der Waals surface area contributed by atoms with Gasteiger partial charge in [-0.2, -0.15) is 0 Å². The molecule has 6 N–H and O–H groups in total. The lowest BCUT2D eigenvalue weighted by molar-refractivity contribution is -0.120. The van der Waals surface area contributed by atoms with Crippen LogP contribution in [0, 0.1) is 13.8 Å². The smallest absolute Gasteiger partial charge is 0.251 e. The highest BCUT2D eigenvalue weighted by Gasteiger charge is 2.14. The van der Waals surface area contributed by atoms with E-state index in [2.05, 4.69) is 20.6 Å². The summed E-state index contributed by atoms with van der Waals surface area (Å²) in [5, 5.41) is 6.16. The Labute approximate surface area is 175 Å². The largest absolute Gasteiger partial charge is 0.368 e. The van der Waals surface area contributed by atoms with Crippen molar-refractivity contribution >= 4 is 29.5 Å². The number of aromatic nitrogens is 2. The van der Waals surface area contributed by atoms with E-state index in [1.165, 1.54) is 11.8 Å². The van der Waals surface area contributed by atoms with Gasteiger partial charge in [0.05, 0.1) is 5.69 Å². The highest BCUT2D eigenvalue weighted by molar-refractivity contribution is 7.99. The van der Waals surface area contributed by atoms with Crippen LogP contribution < -0.4 is 22.1 Å². The zero-order valence-electron chi connectivity index (χ0n) is 17.0. The second kappa shape index (κ2) is 10.8. The van der Waals surface area contributed by atoms with E-state index in [1.807, 2.05) is 32.0 Å². The molecule has 2 aromatic rings. The minimum Gasteiger partial charge on any atom is -0.368 e. The number of anilines is 1. The number of nitrogens with one attached hydrogen (secondary N) is 2. The Bertz CT molecular complexity index is 888. The summed E-state index contributed by atoms with van der Waals surface area (Å²) in [6, 6.07) is 5.61. The van der Waals surface area contributed by atoms with Gasteiger partial charge in [-0.05, 0) is 50.1 Å². The first-order chi connectivity index (χ1) is 13.8. The van der Waals surface area contributed by atoms with E-state index in [0.29, 0.717) is 41.5 Å². The number of nitrogens with two attached hydrogens (primary N) is 2. The van der Waals surface area contributed by atoms with Gasteiger partial charge < -0.3 is 22.1 Å². The van der Waals surface area contributed by atoms with Crippen LogP contribution in [0.15, 0.2) is 23.2 Å². The molecule has 29 heavy (non-hydrogen) atoms. The Balaban J connectivity index is 2.17. The lowest BCUT2D eigenvalue weighted by atomic mass is 9.97. The van der Waals surface area contributed by atoms with Crippen LogP contribution in [0.1, 0.15) is 34.3 Å². The minimum atomic E-state index is -0.152. The van der Waals surface area contributed by atoms with Crippen molar-refractivity contribution in [1.29, 1.82) is 0 Å². The first kappa shape index (κ1) is 22.6. The van der Waals surface area contributed by atoms with Crippen LogP contribution in [-0.2, 0) is 4.79 Å². The maximum absolute atomic E-state index is 12.1. The number of rotatable bonds is 9. The third-order valence-corrected chi connectivity index (χ3v) is 5.23. The van der Waals surface area contributed by atoms with Gasteiger partial charge in [-0.15, -0.1) is 11.8 Å². The van der Waals surface area contributed by atoms with E-state index >= 15 is 0 Å². The third kappa shape index (κ3) is 6.43. The molecule has 0 aliphatic rings. The first-order valence-corrected chi connectivity index (χ1v) is 10.4. The van der Waals surface area contributed by atoms with Crippen molar-refractivity contribution in [1.82, 2.24) is 20.6 Å². The highest BCUT2D eigenvalue weighted by atomic mass is 32.2. The van der Waals surface area contributed by atoms with Crippen LogP contribution in [-0.4, -0.2) is 47.7 Å². The van der Waals surface area contributed by atoms with Crippen LogP contribution in [0.25, 0.3) is 11.3 Å². The number of benzene rings is 1. The molecule has 0 atom stereocenters. The number of aryl methyl sites for hydroxylation is 2. The number of nitrogen functional groups attached to an aromatic ring is 1. The number of carbonyl (C=O) groups excluding carboxylic acids is 2. The summed E-state index contributed by atoms with van der Waals surface area (Å²) in [5.41, 5.74) is 15.3. The summed E-state index contributed by atoms with van der Waals surface area (Å²) in [7, 11) is 1.60. The van der Waals surface area contributed by atoms with Crippen molar-refractivity contribution in [2.75, 3.05) is 31.6 Å². The molecule has 2 amide bonds. The number of hydrogen-bond donors (Lipinski definition) is 4. The maximum Gasteiger partial charge on any atom is 0.251 e. The molecule has 0 aliphatic carbocycles. The molecule has 156 valence electrons. The Morgan fingerprint density at radius 3 is 2.59 bits per heavy atom. The van der Waals surface area contributed by atoms with Gasteiger partial charge in [-0.3, -0.25) is 9.59 Å². The van der Waals surface area contributed by atoms with Crippen LogP contribution in [0.5, 0.6) is 0 Å². The molecule has 1 heterocycles. The summed E-state index contributed by atoms with van der Waals surface area (Å²) in [4.78, 5) is 32.6. The summed E-state index contributed by atoms with van der Waals surface area (Å²) in [5.74, 6) is 0.554. The Hall–Kier alpha value is -2.65. The number of amides is 2. The van der Waals surface area contributed by atoms with Gasteiger partial charge in [0.2, 0.25) is 11.9 Å². The van der Waals surface area contributed by atoms with E-state index in [-0.39, 0.29) is 17.8 Å². The zero-order chi connectivity index (χ0) is 21.4. The summed E-state index contributed by atoms with van der Waals surface area (Å²) >= 11 is 1.44. The van der Waals surface area contributed by atoms with Crippen LogP contribution in [0.4, 0.5) is 5.95 Å². The van der Waals surface area contributed by atoms with E-state index < -0.39 is 0 Å². The normalized spacial score (nSPS) is 10.6.